The summed E-state index contributed by atoms with van der Waals surface area (Å²) in [6.07, 6.45) is -8.14. The molecule has 0 spiro atoms. The van der Waals surface area contributed by atoms with E-state index in [4.69, 9.17) is 0 Å². The Bertz CT molecular complexity index is 365. The summed E-state index contributed by atoms with van der Waals surface area (Å²) in [6, 6.07) is 0. The van der Waals surface area contributed by atoms with Gasteiger partial charge in [-0.1, -0.05) is 31.6 Å². The summed E-state index contributed by atoms with van der Waals surface area (Å²) >= 11 is 0. The average molecular weight is 272 g/mol. The molecule has 0 unspecified atom stereocenters. The number of rotatable bonds is 0. The fourth-order valence-corrected chi connectivity index (χ4v) is 1.24. The van der Waals surface area contributed by atoms with Gasteiger partial charge in [0.15, 0.2) is 0 Å². The summed E-state index contributed by atoms with van der Waals surface area (Å²) < 4.78 is 74.0. The maximum atomic E-state index is 12.4. The minimum absolute atomic E-state index is 0.160. The molecule has 0 heterocycles. The van der Waals surface area contributed by atoms with E-state index < -0.39 is 29.9 Å². The molecule has 1 aliphatic carbocycles. The molecule has 1 aliphatic rings. The predicted octanol–water partition coefficient (Wildman–Crippen LogP) is 5.34. The van der Waals surface area contributed by atoms with E-state index in [1.54, 1.807) is 0 Å². The van der Waals surface area contributed by atoms with Crippen LogP contribution in [0.1, 0.15) is 27.2 Å². The maximum Gasteiger partial charge on any atom is 0.416 e. The molecule has 0 bridgehead atoms. The van der Waals surface area contributed by atoms with Crippen molar-refractivity contribution in [2.75, 3.05) is 0 Å². The molecule has 0 aliphatic heterocycles. The Morgan fingerprint density at radius 3 is 1.78 bits per heavy atom. The first kappa shape index (κ1) is 16.8. The van der Waals surface area contributed by atoms with Gasteiger partial charge in [0, 0.05) is 5.57 Å². The van der Waals surface area contributed by atoms with Gasteiger partial charge in [0.25, 0.3) is 0 Å². The van der Waals surface area contributed by atoms with Crippen LogP contribution in [0.2, 0.25) is 0 Å². The lowest BCUT2D eigenvalue weighted by Crippen LogP contribution is -2.15. The van der Waals surface area contributed by atoms with Crippen LogP contribution in [0.5, 0.6) is 0 Å². The van der Waals surface area contributed by atoms with Gasteiger partial charge in [-0.15, -0.1) is 0 Å². The third kappa shape index (κ3) is 4.98. The lowest BCUT2D eigenvalue weighted by atomic mass is 10.1. The van der Waals surface area contributed by atoms with Crippen molar-refractivity contribution in [3.8, 4) is 0 Å². The van der Waals surface area contributed by atoms with Crippen molar-refractivity contribution in [3.05, 3.63) is 34.9 Å². The Hall–Kier alpha value is -1.20. The highest BCUT2D eigenvalue weighted by atomic mass is 19.4. The van der Waals surface area contributed by atoms with Crippen LogP contribution < -0.4 is 0 Å². The molecule has 0 aromatic carbocycles. The van der Waals surface area contributed by atoms with Crippen LogP contribution in [0.25, 0.3) is 0 Å². The van der Waals surface area contributed by atoms with E-state index in [0.29, 0.717) is 6.08 Å². The molecule has 1 rings (SSSR count). The highest BCUT2D eigenvalue weighted by Gasteiger charge is 2.38. The summed E-state index contributed by atoms with van der Waals surface area (Å²) in [4.78, 5) is 0. The van der Waals surface area contributed by atoms with Gasteiger partial charge >= 0.3 is 12.4 Å². The van der Waals surface area contributed by atoms with Crippen molar-refractivity contribution in [2.45, 2.75) is 39.5 Å². The van der Waals surface area contributed by atoms with E-state index in [1.165, 1.54) is 6.92 Å². The maximum absolute atomic E-state index is 12.4. The molecular formula is C12H14F6. The van der Waals surface area contributed by atoms with E-state index in [2.05, 4.69) is 0 Å². The molecule has 0 aromatic rings. The molecule has 0 saturated carbocycles. The first-order valence-electron chi connectivity index (χ1n) is 5.33. The average Bonchev–Trinajstić information content (AvgIpc) is 2.41. The van der Waals surface area contributed by atoms with Gasteiger partial charge in [-0.05, 0) is 19.4 Å². The predicted molar refractivity (Wildman–Crippen MR) is 58.0 cm³/mol. The Morgan fingerprint density at radius 2 is 1.39 bits per heavy atom. The molecule has 0 fully saturated rings. The zero-order valence-electron chi connectivity index (χ0n) is 10.2. The van der Waals surface area contributed by atoms with E-state index in [-0.39, 0.29) is 11.6 Å². The summed E-state index contributed by atoms with van der Waals surface area (Å²) in [5.74, 6) is 0. The third-order valence-corrected chi connectivity index (χ3v) is 2.04. The standard InChI is InChI=1S/C10H8F6.C2H6/c1-6-2-3-7(9(11,12)13)5-8(4-6)10(14,15)16;1-2/h2-3,5H,4H2,1H3;1-2H3. The quantitative estimate of drug-likeness (QED) is 0.522. The highest BCUT2D eigenvalue weighted by molar-refractivity contribution is 5.38. The van der Waals surface area contributed by atoms with Gasteiger partial charge in [-0.2, -0.15) is 26.3 Å². The fraction of sp³-hybridized carbons (Fsp3) is 0.500. The number of allylic oxidation sites excluding steroid dienone is 6. The van der Waals surface area contributed by atoms with Crippen molar-refractivity contribution in [1.29, 1.82) is 0 Å². The second kappa shape index (κ2) is 6.11. The SMILES string of the molecule is CC.CC1=CC=C(C(F)(F)F)C=C(C(F)(F)F)C1. The minimum atomic E-state index is -4.77. The first-order valence-corrected chi connectivity index (χ1v) is 5.33. The number of alkyl halides is 6. The van der Waals surface area contributed by atoms with Crippen LogP contribution in [0.3, 0.4) is 0 Å². The molecule has 0 N–H and O–H groups in total. The zero-order chi connectivity index (χ0) is 14.6. The zero-order valence-corrected chi connectivity index (χ0v) is 10.2. The molecule has 0 atom stereocenters. The van der Waals surface area contributed by atoms with Gasteiger partial charge < -0.3 is 0 Å². The first-order chi connectivity index (χ1) is 8.10. The van der Waals surface area contributed by atoms with Crippen LogP contribution >= 0.6 is 0 Å². The molecule has 0 saturated heterocycles. The Labute approximate surface area is 102 Å². The normalized spacial score (nSPS) is 16.8. The van der Waals surface area contributed by atoms with Crippen LogP contribution in [-0.2, 0) is 0 Å². The molecule has 104 valence electrons. The molecule has 0 radical (unpaired) electrons. The lowest BCUT2D eigenvalue weighted by Gasteiger charge is -2.12. The molecular weight excluding hydrogens is 258 g/mol. The van der Waals surface area contributed by atoms with E-state index in [1.807, 2.05) is 13.8 Å². The topological polar surface area (TPSA) is 0 Å². The summed E-state index contributed by atoms with van der Waals surface area (Å²) in [7, 11) is 0. The van der Waals surface area contributed by atoms with Crippen LogP contribution in [-0.4, -0.2) is 12.4 Å². The largest absolute Gasteiger partial charge is 0.416 e. The molecule has 0 amide bonds. The van der Waals surface area contributed by atoms with Gasteiger partial charge in [-0.3, -0.25) is 0 Å². The monoisotopic (exact) mass is 272 g/mol. The van der Waals surface area contributed by atoms with Gasteiger partial charge in [0.05, 0.1) is 5.57 Å². The molecule has 18 heavy (non-hydrogen) atoms. The smallest absolute Gasteiger partial charge is 0.166 e. The summed E-state index contributed by atoms with van der Waals surface area (Å²) in [5.41, 5.74) is -2.22. The second-order valence-electron chi connectivity index (χ2n) is 3.48. The number of hydrogen-bond acceptors (Lipinski definition) is 0. The Balaban J connectivity index is 0.00000137. The number of halogens is 6. The van der Waals surface area contributed by atoms with Gasteiger partial charge in [0.2, 0.25) is 0 Å². The lowest BCUT2D eigenvalue weighted by molar-refractivity contribution is -0.0964. The van der Waals surface area contributed by atoms with Crippen molar-refractivity contribution in [2.24, 2.45) is 0 Å². The highest BCUT2D eigenvalue weighted by Crippen LogP contribution is 2.36. The van der Waals surface area contributed by atoms with Gasteiger partial charge in [-0.25, -0.2) is 0 Å². The minimum Gasteiger partial charge on any atom is -0.166 e. The van der Waals surface area contributed by atoms with Gasteiger partial charge in [0.1, 0.15) is 0 Å². The summed E-state index contributed by atoms with van der Waals surface area (Å²) in [5, 5.41) is 0. The molecule has 0 aromatic heterocycles. The van der Waals surface area contributed by atoms with Crippen molar-refractivity contribution in [3.63, 3.8) is 0 Å². The molecule has 6 heteroatoms. The van der Waals surface area contributed by atoms with E-state index in [0.717, 1.165) is 6.08 Å². The number of hydrogen-bond donors (Lipinski definition) is 0. The summed E-state index contributed by atoms with van der Waals surface area (Å²) in [6.45, 7) is 5.36. The second-order valence-corrected chi connectivity index (χ2v) is 3.48. The van der Waals surface area contributed by atoms with Crippen molar-refractivity contribution in [1.82, 2.24) is 0 Å². The van der Waals surface area contributed by atoms with Crippen molar-refractivity contribution < 1.29 is 26.3 Å². The fourth-order valence-electron chi connectivity index (χ4n) is 1.24. The van der Waals surface area contributed by atoms with Crippen LogP contribution in [0.15, 0.2) is 34.9 Å². The van der Waals surface area contributed by atoms with E-state index >= 15 is 0 Å². The van der Waals surface area contributed by atoms with Crippen molar-refractivity contribution >= 4 is 0 Å². The van der Waals surface area contributed by atoms with E-state index in [9.17, 15) is 26.3 Å². The Kier molecular flexibility index (Phi) is 5.70. The van der Waals surface area contributed by atoms with Crippen LogP contribution in [0.4, 0.5) is 26.3 Å². The Morgan fingerprint density at radius 1 is 0.889 bits per heavy atom. The third-order valence-electron chi connectivity index (χ3n) is 2.04. The van der Waals surface area contributed by atoms with Crippen LogP contribution in [0, 0.1) is 0 Å². The molecule has 0 nitrogen and oxygen atoms in total.